The van der Waals surface area contributed by atoms with Crippen LogP contribution in [0.5, 0.6) is 0 Å². The van der Waals surface area contributed by atoms with Crippen molar-refractivity contribution in [2.24, 2.45) is 7.05 Å². The van der Waals surface area contributed by atoms with E-state index in [-0.39, 0.29) is 23.7 Å². The molecule has 1 saturated heterocycles. The van der Waals surface area contributed by atoms with Crippen LogP contribution in [0.3, 0.4) is 0 Å². The number of rotatable bonds is 3. The third-order valence-electron chi connectivity index (χ3n) is 6.66. The Morgan fingerprint density at radius 2 is 2.08 bits per heavy atom. The average Bonchev–Trinajstić information content (AvgIpc) is 3.20. The number of benzene rings is 1. The summed E-state index contributed by atoms with van der Waals surface area (Å²) >= 11 is 0. The Balaban J connectivity index is 1.70. The summed E-state index contributed by atoms with van der Waals surface area (Å²) in [5.41, 5.74) is 2.83. The van der Waals surface area contributed by atoms with Gasteiger partial charge in [0.15, 0.2) is 0 Å². The van der Waals surface area contributed by atoms with Gasteiger partial charge in [0.25, 0.3) is 5.91 Å². The fourth-order valence-corrected chi connectivity index (χ4v) is 4.98. The molecule has 0 N–H and O–H groups in total. The van der Waals surface area contributed by atoms with Gasteiger partial charge < -0.3 is 18.9 Å². The maximum atomic E-state index is 13.5. The first-order valence-corrected chi connectivity index (χ1v) is 9.44. The van der Waals surface area contributed by atoms with E-state index in [1.165, 1.54) is 5.56 Å². The van der Waals surface area contributed by atoms with Crippen molar-refractivity contribution in [3.8, 4) is 0 Å². The zero-order chi connectivity index (χ0) is 18.5. The number of methoxy groups -OCH3 is 2. The molecule has 5 heteroatoms. The molecule has 3 atom stereocenters. The Morgan fingerprint density at radius 3 is 2.77 bits per heavy atom. The second-order valence-electron chi connectivity index (χ2n) is 7.76. The molecule has 4 rings (SSSR count). The van der Waals surface area contributed by atoms with Crippen LogP contribution in [-0.2, 0) is 16.5 Å². The van der Waals surface area contributed by atoms with Crippen molar-refractivity contribution >= 4 is 16.8 Å². The average molecular weight is 356 g/mol. The summed E-state index contributed by atoms with van der Waals surface area (Å²) < 4.78 is 13.6. The van der Waals surface area contributed by atoms with E-state index in [4.69, 9.17) is 9.47 Å². The Morgan fingerprint density at radius 1 is 1.27 bits per heavy atom. The first-order chi connectivity index (χ1) is 12.5. The van der Waals surface area contributed by atoms with E-state index in [1.807, 2.05) is 28.6 Å². The van der Waals surface area contributed by atoms with Crippen LogP contribution in [0.4, 0.5) is 0 Å². The Labute approximate surface area is 154 Å². The van der Waals surface area contributed by atoms with Gasteiger partial charge >= 0.3 is 0 Å². The van der Waals surface area contributed by atoms with Crippen LogP contribution in [0.2, 0.25) is 0 Å². The van der Waals surface area contributed by atoms with Crippen molar-refractivity contribution in [3.05, 3.63) is 35.5 Å². The Kier molecular flexibility index (Phi) is 4.32. The van der Waals surface area contributed by atoms with E-state index in [1.54, 1.807) is 14.2 Å². The summed E-state index contributed by atoms with van der Waals surface area (Å²) in [7, 11) is 5.53. The summed E-state index contributed by atoms with van der Waals surface area (Å²) in [5.74, 6) is 0.101. The molecule has 1 saturated carbocycles. The molecule has 0 spiro atoms. The van der Waals surface area contributed by atoms with Crippen LogP contribution in [0.1, 0.15) is 41.7 Å². The van der Waals surface area contributed by atoms with Crippen molar-refractivity contribution in [2.75, 3.05) is 20.8 Å². The molecule has 2 aromatic rings. The third-order valence-corrected chi connectivity index (χ3v) is 6.66. The van der Waals surface area contributed by atoms with Crippen molar-refractivity contribution in [2.45, 2.75) is 50.4 Å². The summed E-state index contributed by atoms with van der Waals surface area (Å²) in [6.45, 7) is 2.83. The normalized spacial score (nSPS) is 28.5. The van der Waals surface area contributed by atoms with Gasteiger partial charge in [-0.2, -0.15) is 0 Å². The highest BCUT2D eigenvalue weighted by Gasteiger charge is 2.52. The van der Waals surface area contributed by atoms with Crippen molar-refractivity contribution < 1.29 is 14.3 Å². The molecule has 2 heterocycles. The van der Waals surface area contributed by atoms with Crippen LogP contribution < -0.4 is 0 Å². The number of nitrogens with zero attached hydrogens (tertiary/aromatic N) is 2. The number of aryl methyl sites for hydroxylation is 2. The molecular formula is C21H28N2O3. The second kappa shape index (κ2) is 6.39. The van der Waals surface area contributed by atoms with E-state index < -0.39 is 0 Å². The van der Waals surface area contributed by atoms with E-state index in [0.717, 1.165) is 48.8 Å². The second-order valence-corrected chi connectivity index (χ2v) is 7.76. The summed E-state index contributed by atoms with van der Waals surface area (Å²) in [5, 5.41) is 1.15. The predicted octanol–water partition coefficient (Wildman–Crippen LogP) is 3.29. The van der Waals surface area contributed by atoms with Crippen LogP contribution in [0.15, 0.2) is 24.3 Å². The number of carbonyl (C=O) groups is 1. The monoisotopic (exact) mass is 356 g/mol. The van der Waals surface area contributed by atoms with E-state index in [2.05, 4.69) is 19.1 Å². The number of ether oxygens (including phenoxy) is 2. The molecule has 26 heavy (non-hydrogen) atoms. The number of carbonyl (C=O) groups excluding carboxylic acids is 1. The lowest BCUT2D eigenvalue weighted by atomic mass is 9.79. The highest BCUT2D eigenvalue weighted by Crippen LogP contribution is 2.43. The van der Waals surface area contributed by atoms with Gasteiger partial charge in [0.1, 0.15) is 5.69 Å². The number of aromatic nitrogens is 1. The number of likely N-dealkylation sites (tertiary alicyclic amines) is 1. The lowest BCUT2D eigenvalue weighted by molar-refractivity contribution is -0.0894. The van der Waals surface area contributed by atoms with E-state index in [0.29, 0.717) is 0 Å². The molecule has 5 nitrogen and oxygen atoms in total. The minimum absolute atomic E-state index is 0.0813. The van der Waals surface area contributed by atoms with Crippen LogP contribution in [-0.4, -0.2) is 53.9 Å². The van der Waals surface area contributed by atoms with Gasteiger partial charge in [0.2, 0.25) is 0 Å². The molecule has 0 radical (unpaired) electrons. The van der Waals surface area contributed by atoms with Gasteiger partial charge in [-0.3, -0.25) is 4.79 Å². The highest BCUT2D eigenvalue weighted by atomic mass is 16.5. The summed E-state index contributed by atoms with van der Waals surface area (Å²) in [6.07, 6.45) is 3.89. The Bertz CT molecular complexity index is 843. The van der Waals surface area contributed by atoms with Crippen molar-refractivity contribution in [1.29, 1.82) is 0 Å². The molecule has 2 aliphatic rings. The minimum atomic E-state index is -0.217. The topological polar surface area (TPSA) is 43.7 Å². The van der Waals surface area contributed by atoms with E-state index in [9.17, 15) is 4.79 Å². The fraction of sp³-hybridized carbons (Fsp3) is 0.571. The third kappa shape index (κ3) is 2.48. The van der Waals surface area contributed by atoms with Crippen LogP contribution >= 0.6 is 0 Å². The molecule has 1 aliphatic carbocycles. The smallest absolute Gasteiger partial charge is 0.270 e. The van der Waals surface area contributed by atoms with Gasteiger partial charge in [-0.25, -0.2) is 0 Å². The molecule has 1 aromatic carbocycles. The fourth-order valence-electron chi connectivity index (χ4n) is 4.98. The molecule has 2 fully saturated rings. The molecule has 0 unspecified atom stereocenters. The zero-order valence-electron chi connectivity index (χ0n) is 16.1. The number of fused-ring (bicyclic) bond motifs is 2. The molecule has 0 bridgehead atoms. The van der Waals surface area contributed by atoms with Gasteiger partial charge in [0.05, 0.1) is 17.7 Å². The number of hydrogen-bond donors (Lipinski definition) is 0. The Hall–Kier alpha value is -1.85. The van der Waals surface area contributed by atoms with Crippen LogP contribution in [0.25, 0.3) is 10.9 Å². The summed E-state index contributed by atoms with van der Waals surface area (Å²) in [6, 6.07) is 8.33. The van der Waals surface area contributed by atoms with Crippen LogP contribution in [0, 0.1) is 6.92 Å². The minimum Gasteiger partial charge on any atom is -0.381 e. The number of hydrogen-bond acceptors (Lipinski definition) is 3. The predicted molar refractivity (Wildman–Crippen MR) is 101 cm³/mol. The SMILES string of the molecule is CO[C@@H]1CC[C@@]2(OC)CCN(C(=O)c3cc4c(C)cccc4n3C)[C@H]2C1. The van der Waals surface area contributed by atoms with E-state index >= 15 is 0 Å². The molecule has 1 aromatic heterocycles. The number of amides is 1. The maximum absolute atomic E-state index is 13.5. The first kappa shape index (κ1) is 17.6. The van der Waals surface area contributed by atoms with Crippen molar-refractivity contribution in [1.82, 2.24) is 9.47 Å². The van der Waals surface area contributed by atoms with Gasteiger partial charge in [-0.05, 0) is 50.3 Å². The zero-order valence-corrected chi connectivity index (χ0v) is 16.1. The lowest BCUT2D eigenvalue weighted by Crippen LogP contribution is -2.53. The molecule has 1 amide bonds. The quantitative estimate of drug-likeness (QED) is 0.848. The van der Waals surface area contributed by atoms with Gasteiger partial charge in [0, 0.05) is 38.7 Å². The largest absolute Gasteiger partial charge is 0.381 e. The molecule has 140 valence electrons. The molecular weight excluding hydrogens is 328 g/mol. The highest BCUT2D eigenvalue weighted by molar-refractivity contribution is 5.99. The molecule has 1 aliphatic heterocycles. The van der Waals surface area contributed by atoms with Crippen molar-refractivity contribution in [3.63, 3.8) is 0 Å². The lowest BCUT2D eigenvalue weighted by Gasteiger charge is -2.43. The first-order valence-electron chi connectivity index (χ1n) is 9.44. The summed E-state index contributed by atoms with van der Waals surface area (Å²) in [4.78, 5) is 15.5. The van der Waals surface area contributed by atoms with Gasteiger partial charge in [-0.15, -0.1) is 0 Å². The van der Waals surface area contributed by atoms with Gasteiger partial charge in [-0.1, -0.05) is 12.1 Å². The maximum Gasteiger partial charge on any atom is 0.270 e. The standard InChI is InChI=1S/C21H28N2O3/c1-14-6-5-7-17-16(14)13-18(22(17)2)20(24)23-11-10-21(26-4)9-8-15(25-3)12-19(21)23/h5-7,13,15,19H,8-12H2,1-4H3/t15-,19+,21-/m1/s1.